The lowest BCUT2D eigenvalue weighted by atomic mass is 10.0. The molecule has 1 atom stereocenters. The fourth-order valence-electron chi connectivity index (χ4n) is 3.41. The maximum Gasteiger partial charge on any atom is 0.256 e. The van der Waals surface area contributed by atoms with Gasteiger partial charge in [0.15, 0.2) is 0 Å². The van der Waals surface area contributed by atoms with Crippen LogP contribution in [0.3, 0.4) is 0 Å². The molecule has 150 valence electrons. The zero-order chi connectivity index (χ0) is 21.1. The Bertz CT molecular complexity index is 1200. The van der Waals surface area contributed by atoms with Crippen molar-refractivity contribution in [3.8, 4) is 0 Å². The van der Waals surface area contributed by atoms with Crippen LogP contribution in [0.4, 0.5) is 5.69 Å². The maximum atomic E-state index is 13.1. The van der Waals surface area contributed by atoms with Crippen LogP contribution in [0.2, 0.25) is 0 Å². The number of aromatic amines is 1. The van der Waals surface area contributed by atoms with Crippen molar-refractivity contribution in [3.63, 3.8) is 0 Å². The average molecular weight is 398 g/mol. The molecule has 0 saturated heterocycles. The van der Waals surface area contributed by atoms with E-state index >= 15 is 0 Å². The lowest BCUT2D eigenvalue weighted by molar-refractivity contribution is 0.0744. The van der Waals surface area contributed by atoms with Gasteiger partial charge in [0.25, 0.3) is 11.8 Å². The van der Waals surface area contributed by atoms with Gasteiger partial charge in [0.05, 0.1) is 23.3 Å². The Hall–Kier alpha value is -3.93. The van der Waals surface area contributed by atoms with Crippen molar-refractivity contribution in [2.24, 2.45) is 0 Å². The number of aromatic nitrogens is 2. The van der Waals surface area contributed by atoms with Crippen molar-refractivity contribution in [2.45, 2.75) is 13.0 Å². The Kier molecular flexibility index (Phi) is 5.30. The van der Waals surface area contributed by atoms with Crippen LogP contribution in [0.1, 0.15) is 39.2 Å². The molecule has 1 aromatic heterocycles. The van der Waals surface area contributed by atoms with Gasteiger partial charge in [-0.05, 0) is 42.8 Å². The van der Waals surface area contributed by atoms with E-state index in [9.17, 15) is 9.59 Å². The Morgan fingerprint density at radius 3 is 2.57 bits per heavy atom. The molecule has 6 heteroatoms. The summed E-state index contributed by atoms with van der Waals surface area (Å²) in [7, 11) is 1.78. The van der Waals surface area contributed by atoms with E-state index in [1.54, 1.807) is 36.3 Å². The number of H-pyrrole nitrogens is 1. The van der Waals surface area contributed by atoms with E-state index in [0.717, 1.165) is 16.5 Å². The first kappa shape index (κ1) is 19.4. The molecule has 4 rings (SSSR count). The quantitative estimate of drug-likeness (QED) is 0.514. The number of nitrogens with zero attached hydrogens (tertiary/aromatic N) is 2. The summed E-state index contributed by atoms with van der Waals surface area (Å²) in [6.45, 7) is 1.96. The van der Waals surface area contributed by atoms with Gasteiger partial charge in [-0.3, -0.25) is 14.7 Å². The molecule has 1 heterocycles. The molecule has 0 spiro atoms. The summed E-state index contributed by atoms with van der Waals surface area (Å²) in [4.78, 5) is 27.3. The third kappa shape index (κ3) is 3.80. The van der Waals surface area contributed by atoms with Crippen molar-refractivity contribution in [1.29, 1.82) is 0 Å². The number of hydrogen-bond acceptors (Lipinski definition) is 3. The highest BCUT2D eigenvalue weighted by Crippen LogP contribution is 2.25. The van der Waals surface area contributed by atoms with E-state index < -0.39 is 0 Å². The Labute approximate surface area is 174 Å². The first-order valence-electron chi connectivity index (χ1n) is 9.70. The smallest absolute Gasteiger partial charge is 0.256 e. The molecule has 30 heavy (non-hydrogen) atoms. The number of rotatable bonds is 5. The summed E-state index contributed by atoms with van der Waals surface area (Å²) in [5, 5.41) is 10.8. The highest BCUT2D eigenvalue weighted by atomic mass is 16.2. The standard InChI is InChI=1S/C24H22N4O2/c1-16(28(2)24(30)21-13-7-11-19-15-25-27-22(19)21)18-10-6-12-20(14-18)26-23(29)17-8-4-3-5-9-17/h3-16H,1-2H3,(H,25,27)(H,26,29). The average Bonchev–Trinajstić information content (AvgIpc) is 3.27. The van der Waals surface area contributed by atoms with Crippen molar-refractivity contribution in [1.82, 2.24) is 15.1 Å². The zero-order valence-electron chi connectivity index (χ0n) is 16.8. The molecule has 2 amide bonds. The van der Waals surface area contributed by atoms with Gasteiger partial charge >= 0.3 is 0 Å². The van der Waals surface area contributed by atoms with Crippen LogP contribution in [-0.4, -0.2) is 34.0 Å². The molecule has 0 fully saturated rings. The summed E-state index contributed by atoms with van der Waals surface area (Å²) in [5.41, 5.74) is 3.51. The molecule has 6 nitrogen and oxygen atoms in total. The normalized spacial score (nSPS) is 11.8. The molecule has 0 aliphatic heterocycles. The minimum atomic E-state index is -0.191. The number of anilines is 1. The second kappa shape index (κ2) is 8.21. The molecule has 0 aliphatic carbocycles. The molecule has 2 N–H and O–H groups in total. The van der Waals surface area contributed by atoms with Gasteiger partial charge in [-0.15, -0.1) is 0 Å². The summed E-state index contributed by atoms with van der Waals surface area (Å²) in [5.74, 6) is -0.271. The molecule has 3 aromatic carbocycles. The maximum absolute atomic E-state index is 13.1. The van der Waals surface area contributed by atoms with Crippen LogP contribution >= 0.6 is 0 Å². The topological polar surface area (TPSA) is 78.1 Å². The second-order valence-corrected chi connectivity index (χ2v) is 7.18. The molecular weight excluding hydrogens is 376 g/mol. The van der Waals surface area contributed by atoms with E-state index in [1.165, 1.54) is 0 Å². The van der Waals surface area contributed by atoms with Crippen LogP contribution in [-0.2, 0) is 0 Å². The fraction of sp³-hybridized carbons (Fsp3) is 0.125. The Morgan fingerprint density at radius 2 is 1.77 bits per heavy atom. The van der Waals surface area contributed by atoms with Crippen molar-refractivity contribution < 1.29 is 9.59 Å². The highest BCUT2D eigenvalue weighted by Gasteiger charge is 2.21. The third-order valence-electron chi connectivity index (χ3n) is 5.27. The van der Waals surface area contributed by atoms with Gasteiger partial charge in [-0.2, -0.15) is 5.10 Å². The van der Waals surface area contributed by atoms with Gasteiger partial charge in [-0.25, -0.2) is 0 Å². The third-order valence-corrected chi connectivity index (χ3v) is 5.27. The van der Waals surface area contributed by atoms with Crippen LogP contribution in [0.25, 0.3) is 10.9 Å². The minimum absolute atomic E-state index is 0.101. The van der Waals surface area contributed by atoms with E-state index in [2.05, 4.69) is 15.5 Å². The number of fused-ring (bicyclic) bond motifs is 1. The Balaban J connectivity index is 1.53. The number of amides is 2. The van der Waals surface area contributed by atoms with Gasteiger partial charge in [0, 0.05) is 23.7 Å². The number of para-hydroxylation sites is 1. The van der Waals surface area contributed by atoms with Gasteiger partial charge < -0.3 is 10.2 Å². The Morgan fingerprint density at radius 1 is 1.00 bits per heavy atom. The van der Waals surface area contributed by atoms with Gasteiger partial charge in [0.2, 0.25) is 0 Å². The van der Waals surface area contributed by atoms with Crippen molar-refractivity contribution in [2.75, 3.05) is 12.4 Å². The van der Waals surface area contributed by atoms with Crippen LogP contribution in [0, 0.1) is 0 Å². The SMILES string of the molecule is CC(c1cccc(NC(=O)c2ccccc2)c1)N(C)C(=O)c1cccc2cn[nH]c12. The largest absolute Gasteiger partial charge is 0.335 e. The number of nitrogens with one attached hydrogen (secondary N) is 2. The van der Waals surface area contributed by atoms with Gasteiger partial charge in [0.1, 0.15) is 0 Å². The monoisotopic (exact) mass is 398 g/mol. The number of carbonyl (C=O) groups excluding carboxylic acids is 2. The molecule has 0 radical (unpaired) electrons. The lowest BCUT2D eigenvalue weighted by Crippen LogP contribution is -2.30. The highest BCUT2D eigenvalue weighted by molar-refractivity contribution is 6.05. The van der Waals surface area contributed by atoms with Crippen LogP contribution < -0.4 is 5.32 Å². The van der Waals surface area contributed by atoms with E-state index in [4.69, 9.17) is 0 Å². The number of hydrogen-bond donors (Lipinski definition) is 2. The van der Waals surface area contributed by atoms with E-state index in [1.807, 2.05) is 61.5 Å². The zero-order valence-corrected chi connectivity index (χ0v) is 16.8. The summed E-state index contributed by atoms with van der Waals surface area (Å²) < 4.78 is 0. The number of benzene rings is 3. The molecule has 4 aromatic rings. The first-order chi connectivity index (χ1) is 14.5. The molecule has 0 bridgehead atoms. The predicted molar refractivity (Wildman–Crippen MR) is 117 cm³/mol. The summed E-state index contributed by atoms with van der Waals surface area (Å²) in [6, 6.07) is 22.0. The molecule has 1 unspecified atom stereocenters. The lowest BCUT2D eigenvalue weighted by Gasteiger charge is -2.26. The number of carbonyl (C=O) groups is 2. The molecular formula is C24H22N4O2. The molecule has 0 aliphatic rings. The van der Waals surface area contributed by atoms with Crippen molar-refractivity contribution >= 4 is 28.4 Å². The van der Waals surface area contributed by atoms with E-state index in [-0.39, 0.29) is 17.9 Å². The first-order valence-corrected chi connectivity index (χ1v) is 9.70. The van der Waals surface area contributed by atoms with E-state index in [0.29, 0.717) is 16.8 Å². The van der Waals surface area contributed by atoms with Crippen LogP contribution in [0.15, 0.2) is 79.0 Å². The van der Waals surface area contributed by atoms with Crippen molar-refractivity contribution in [3.05, 3.63) is 95.7 Å². The summed E-state index contributed by atoms with van der Waals surface area (Å²) in [6.07, 6.45) is 1.70. The summed E-state index contributed by atoms with van der Waals surface area (Å²) >= 11 is 0. The fourth-order valence-corrected chi connectivity index (χ4v) is 3.41. The second-order valence-electron chi connectivity index (χ2n) is 7.18. The molecule has 0 saturated carbocycles. The van der Waals surface area contributed by atoms with Crippen LogP contribution in [0.5, 0.6) is 0 Å². The minimum Gasteiger partial charge on any atom is -0.335 e. The predicted octanol–water partition coefficient (Wildman–Crippen LogP) is 4.65. The van der Waals surface area contributed by atoms with Gasteiger partial charge in [-0.1, -0.05) is 42.5 Å².